The van der Waals surface area contributed by atoms with Crippen molar-refractivity contribution >= 4 is 32.1 Å². The summed E-state index contributed by atoms with van der Waals surface area (Å²) in [6.07, 6.45) is 3.57. The fraction of sp³-hybridized carbons (Fsp3) is 0.385. The lowest BCUT2D eigenvalue weighted by Gasteiger charge is -2.19. The van der Waals surface area contributed by atoms with Crippen LogP contribution in [0.1, 0.15) is 31.1 Å². The van der Waals surface area contributed by atoms with E-state index >= 15 is 0 Å². The number of nitrogens with zero attached hydrogens (tertiary/aromatic N) is 2. The Morgan fingerprint density at radius 2 is 2.32 bits per heavy atom. The van der Waals surface area contributed by atoms with Crippen molar-refractivity contribution in [2.45, 2.75) is 25.3 Å². The van der Waals surface area contributed by atoms with Gasteiger partial charge in [0.25, 0.3) is 5.89 Å². The van der Waals surface area contributed by atoms with Crippen molar-refractivity contribution in [3.63, 3.8) is 0 Å². The van der Waals surface area contributed by atoms with Crippen molar-refractivity contribution in [3.8, 4) is 10.8 Å². The molecule has 1 N–H and O–H groups in total. The molecule has 4 nitrogen and oxygen atoms in total. The van der Waals surface area contributed by atoms with Gasteiger partial charge >= 0.3 is 0 Å². The van der Waals surface area contributed by atoms with Gasteiger partial charge in [-0.05, 0) is 36.9 Å². The predicted molar refractivity (Wildman–Crippen MR) is 77.6 cm³/mol. The van der Waals surface area contributed by atoms with Gasteiger partial charge in [0, 0.05) is 9.40 Å². The van der Waals surface area contributed by atoms with Gasteiger partial charge in [-0.2, -0.15) is 4.98 Å². The summed E-state index contributed by atoms with van der Waals surface area (Å²) in [7, 11) is 0. The molecule has 4 heterocycles. The van der Waals surface area contributed by atoms with Gasteiger partial charge in [-0.3, -0.25) is 0 Å². The second-order valence-corrected chi connectivity index (χ2v) is 6.75. The van der Waals surface area contributed by atoms with Gasteiger partial charge in [-0.25, -0.2) is 0 Å². The van der Waals surface area contributed by atoms with Crippen molar-refractivity contribution in [1.82, 2.24) is 15.5 Å². The Labute approximate surface area is 118 Å². The molecule has 1 fully saturated rings. The molecule has 0 aliphatic carbocycles. The molecule has 0 radical (unpaired) electrons. The second kappa shape index (κ2) is 4.70. The van der Waals surface area contributed by atoms with Crippen LogP contribution in [0.3, 0.4) is 0 Å². The lowest BCUT2D eigenvalue weighted by molar-refractivity contribution is 0.367. The first-order chi connectivity index (χ1) is 9.40. The van der Waals surface area contributed by atoms with E-state index < -0.39 is 0 Å². The van der Waals surface area contributed by atoms with Crippen LogP contribution >= 0.6 is 22.7 Å². The lowest BCUT2D eigenvalue weighted by Crippen LogP contribution is -2.27. The minimum Gasteiger partial charge on any atom is -0.333 e. The average Bonchev–Trinajstić information content (AvgIpc) is 3.14. The molecule has 3 aromatic heterocycles. The Balaban J connectivity index is 1.64. The molecule has 1 aliphatic rings. The smallest absolute Gasteiger partial charge is 0.268 e. The number of thiophene rings is 2. The Hall–Kier alpha value is -1.24. The van der Waals surface area contributed by atoms with Gasteiger partial charge in [0.1, 0.15) is 0 Å². The number of hydrogen-bond donors (Lipinski definition) is 1. The van der Waals surface area contributed by atoms with Crippen LogP contribution in [0.15, 0.2) is 22.0 Å². The van der Waals surface area contributed by atoms with E-state index in [2.05, 4.69) is 33.0 Å². The fourth-order valence-corrected chi connectivity index (χ4v) is 4.45. The summed E-state index contributed by atoms with van der Waals surface area (Å²) in [4.78, 5) is 5.62. The predicted octanol–water partition coefficient (Wildman–Crippen LogP) is 3.83. The van der Waals surface area contributed by atoms with Gasteiger partial charge in [-0.15, -0.1) is 22.7 Å². The number of fused-ring (bicyclic) bond motifs is 1. The number of nitrogens with one attached hydrogen (secondary N) is 1. The molecule has 1 unspecified atom stereocenters. The first-order valence-corrected chi connectivity index (χ1v) is 8.14. The SMILES string of the molecule is c1cc2sc(-c3nc(C4CCCCN4)no3)cc2s1. The number of piperidine rings is 1. The molecule has 1 saturated heterocycles. The van der Waals surface area contributed by atoms with Crippen molar-refractivity contribution in [2.75, 3.05) is 6.54 Å². The van der Waals surface area contributed by atoms with E-state index in [0.29, 0.717) is 5.89 Å². The maximum Gasteiger partial charge on any atom is 0.268 e. The molecular formula is C13H13N3OS2. The Morgan fingerprint density at radius 3 is 3.16 bits per heavy atom. The highest BCUT2D eigenvalue weighted by Gasteiger charge is 2.21. The normalized spacial score (nSPS) is 20.1. The van der Waals surface area contributed by atoms with Crippen LogP contribution in [0.5, 0.6) is 0 Å². The summed E-state index contributed by atoms with van der Waals surface area (Å²) in [6, 6.07) is 4.53. The zero-order chi connectivity index (χ0) is 12.7. The van der Waals surface area contributed by atoms with Crippen molar-refractivity contribution in [2.24, 2.45) is 0 Å². The molecule has 1 aliphatic heterocycles. The number of rotatable bonds is 2. The average molecular weight is 291 g/mol. The Morgan fingerprint density at radius 1 is 1.32 bits per heavy atom. The van der Waals surface area contributed by atoms with E-state index in [-0.39, 0.29) is 6.04 Å². The first kappa shape index (κ1) is 11.6. The molecule has 0 spiro atoms. The van der Waals surface area contributed by atoms with Crippen LogP contribution < -0.4 is 5.32 Å². The highest BCUT2D eigenvalue weighted by molar-refractivity contribution is 7.28. The zero-order valence-corrected chi connectivity index (χ0v) is 11.9. The molecule has 0 saturated carbocycles. The van der Waals surface area contributed by atoms with Crippen molar-refractivity contribution in [1.29, 1.82) is 0 Å². The van der Waals surface area contributed by atoms with Crippen LogP contribution in [0.2, 0.25) is 0 Å². The molecule has 4 rings (SSSR count). The number of aromatic nitrogens is 2. The van der Waals surface area contributed by atoms with Gasteiger partial charge in [0.05, 0.1) is 10.9 Å². The highest BCUT2D eigenvalue weighted by Crippen LogP contribution is 2.36. The molecule has 0 bridgehead atoms. The van der Waals surface area contributed by atoms with Crippen molar-refractivity contribution < 1.29 is 4.52 Å². The molecule has 1 atom stereocenters. The number of hydrogen-bond acceptors (Lipinski definition) is 6. The third kappa shape index (κ3) is 2.09. The maximum absolute atomic E-state index is 5.42. The van der Waals surface area contributed by atoms with Crippen LogP contribution in [0, 0.1) is 0 Å². The fourth-order valence-electron chi connectivity index (χ4n) is 2.42. The Kier molecular flexibility index (Phi) is 2.86. The van der Waals surface area contributed by atoms with E-state index in [1.165, 1.54) is 22.2 Å². The molecule has 19 heavy (non-hydrogen) atoms. The summed E-state index contributed by atoms with van der Waals surface area (Å²) in [5, 5.41) is 9.68. The summed E-state index contributed by atoms with van der Waals surface area (Å²) in [6.45, 7) is 1.04. The third-order valence-electron chi connectivity index (χ3n) is 3.41. The minimum atomic E-state index is 0.257. The third-order valence-corrected chi connectivity index (χ3v) is 5.50. The van der Waals surface area contributed by atoms with Crippen LogP contribution in [0.25, 0.3) is 20.2 Å². The monoisotopic (exact) mass is 291 g/mol. The highest BCUT2D eigenvalue weighted by atomic mass is 32.1. The van der Waals surface area contributed by atoms with E-state index in [0.717, 1.165) is 23.7 Å². The summed E-state index contributed by atoms with van der Waals surface area (Å²) in [5.74, 6) is 1.45. The first-order valence-electron chi connectivity index (χ1n) is 6.44. The molecule has 98 valence electrons. The maximum atomic E-state index is 5.42. The summed E-state index contributed by atoms with van der Waals surface area (Å²) >= 11 is 3.46. The van der Waals surface area contributed by atoms with Crippen LogP contribution in [0.4, 0.5) is 0 Å². The quantitative estimate of drug-likeness (QED) is 0.779. The van der Waals surface area contributed by atoms with E-state index in [1.54, 1.807) is 22.7 Å². The zero-order valence-electron chi connectivity index (χ0n) is 10.3. The van der Waals surface area contributed by atoms with Crippen LogP contribution in [-0.4, -0.2) is 16.7 Å². The van der Waals surface area contributed by atoms with Gasteiger partial charge in [0.2, 0.25) is 0 Å². The molecule has 0 aromatic carbocycles. The van der Waals surface area contributed by atoms with E-state index in [9.17, 15) is 0 Å². The molecular weight excluding hydrogens is 278 g/mol. The molecule has 3 aromatic rings. The summed E-state index contributed by atoms with van der Waals surface area (Å²) < 4.78 is 7.99. The van der Waals surface area contributed by atoms with Gasteiger partial charge in [-0.1, -0.05) is 11.6 Å². The minimum absolute atomic E-state index is 0.257. The second-order valence-electron chi connectivity index (χ2n) is 4.72. The summed E-state index contributed by atoms with van der Waals surface area (Å²) in [5.41, 5.74) is 0. The topological polar surface area (TPSA) is 51.0 Å². The molecule has 6 heteroatoms. The lowest BCUT2D eigenvalue weighted by atomic mass is 10.0. The standard InChI is InChI=1S/C13H13N3OS2/c1-2-5-14-8(3-1)12-15-13(17-16-12)11-7-10-9(19-11)4-6-18-10/h4,6-8,14H,1-3,5H2. The van der Waals surface area contributed by atoms with Crippen LogP contribution in [-0.2, 0) is 0 Å². The van der Waals surface area contributed by atoms with Gasteiger partial charge < -0.3 is 9.84 Å². The van der Waals surface area contributed by atoms with Crippen molar-refractivity contribution in [3.05, 3.63) is 23.3 Å². The van der Waals surface area contributed by atoms with E-state index in [4.69, 9.17) is 4.52 Å². The Bertz CT molecular complexity index is 665. The van der Waals surface area contributed by atoms with Gasteiger partial charge in [0.15, 0.2) is 5.82 Å². The molecule has 0 amide bonds. The largest absolute Gasteiger partial charge is 0.333 e. The van der Waals surface area contributed by atoms with E-state index in [1.807, 2.05) is 0 Å².